The SMILES string of the molecule is CCn1ncc(/C=c2/sc3n(c2=O)[C@H]2c4ccccc4O[C@](C)(N=3)[C@H]2C(=O)OC)c1C. The summed E-state index contributed by atoms with van der Waals surface area (Å²) in [5.74, 6) is -0.613. The van der Waals surface area contributed by atoms with Gasteiger partial charge in [-0.05, 0) is 32.9 Å². The first-order valence-corrected chi connectivity index (χ1v) is 10.9. The first-order chi connectivity index (χ1) is 14.9. The van der Waals surface area contributed by atoms with E-state index in [4.69, 9.17) is 14.5 Å². The quantitative estimate of drug-likeness (QED) is 0.577. The highest BCUT2D eigenvalue weighted by atomic mass is 32.1. The van der Waals surface area contributed by atoms with Gasteiger partial charge in [0.15, 0.2) is 4.80 Å². The molecule has 2 aliphatic heterocycles. The second kappa shape index (κ2) is 6.91. The molecule has 0 N–H and O–H groups in total. The molecule has 2 aromatic heterocycles. The Bertz CT molecular complexity index is 1390. The zero-order valence-electron chi connectivity index (χ0n) is 17.7. The predicted molar refractivity (Wildman–Crippen MR) is 115 cm³/mol. The molecule has 1 aromatic carbocycles. The number of para-hydroxylation sites is 1. The van der Waals surface area contributed by atoms with Crippen LogP contribution in [0, 0.1) is 12.8 Å². The van der Waals surface area contributed by atoms with Gasteiger partial charge in [-0.1, -0.05) is 29.5 Å². The van der Waals surface area contributed by atoms with E-state index < -0.39 is 23.7 Å². The molecular weight excluding hydrogens is 416 g/mol. The number of rotatable bonds is 3. The van der Waals surface area contributed by atoms with Crippen LogP contribution in [0.1, 0.15) is 36.7 Å². The summed E-state index contributed by atoms with van der Waals surface area (Å²) in [4.78, 5) is 31.6. The zero-order valence-corrected chi connectivity index (χ0v) is 18.5. The summed E-state index contributed by atoms with van der Waals surface area (Å²) >= 11 is 1.29. The van der Waals surface area contributed by atoms with Crippen LogP contribution < -0.4 is 19.6 Å². The number of fused-ring (bicyclic) bond motifs is 6. The Morgan fingerprint density at radius 1 is 1.39 bits per heavy atom. The van der Waals surface area contributed by atoms with Gasteiger partial charge in [-0.2, -0.15) is 5.10 Å². The smallest absolute Gasteiger partial charge is 0.317 e. The average molecular weight is 439 g/mol. The molecule has 2 bridgehead atoms. The van der Waals surface area contributed by atoms with E-state index in [1.807, 2.05) is 48.9 Å². The van der Waals surface area contributed by atoms with Crippen molar-refractivity contribution in [3.63, 3.8) is 0 Å². The standard InChI is InChI=1S/C22H22N4O4S/c1-5-25-12(2)13(11-23-25)10-16-19(27)26-18-14-8-6-7-9-15(14)30-22(3,24-21(26)31-16)17(18)20(28)29-4/h6-11,17-18H,5H2,1-4H3/b16-10+/t17-,18+,22+/m1/s1. The van der Waals surface area contributed by atoms with Gasteiger partial charge in [0.25, 0.3) is 5.56 Å². The molecule has 0 spiro atoms. The third kappa shape index (κ3) is 2.79. The number of aryl methyl sites for hydroxylation is 1. The molecule has 5 rings (SSSR count). The third-order valence-corrected chi connectivity index (χ3v) is 7.05. The average Bonchev–Trinajstić information content (AvgIpc) is 3.25. The minimum atomic E-state index is -1.16. The van der Waals surface area contributed by atoms with Crippen LogP contribution >= 0.6 is 11.3 Å². The number of hydrogen-bond acceptors (Lipinski definition) is 7. The molecule has 9 heteroatoms. The Balaban J connectivity index is 1.78. The minimum Gasteiger partial charge on any atom is -0.469 e. The molecule has 0 saturated heterocycles. The van der Waals surface area contributed by atoms with Gasteiger partial charge in [-0.15, -0.1) is 0 Å². The molecule has 3 atom stereocenters. The van der Waals surface area contributed by atoms with Gasteiger partial charge in [0.2, 0.25) is 5.72 Å². The van der Waals surface area contributed by atoms with Gasteiger partial charge >= 0.3 is 5.97 Å². The molecule has 31 heavy (non-hydrogen) atoms. The van der Waals surface area contributed by atoms with E-state index in [0.29, 0.717) is 15.1 Å². The van der Waals surface area contributed by atoms with Crippen LogP contribution in [0.3, 0.4) is 0 Å². The molecule has 0 aliphatic carbocycles. The second-order valence-electron chi connectivity index (χ2n) is 7.82. The van der Waals surface area contributed by atoms with E-state index in [1.54, 1.807) is 17.7 Å². The molecule has 0 radical (unpaired) electrons. The Kier molecular flexibility index (Phi) is 4.40. The molecular formula is C22H22N4O4S. The lowest BCUT2D eigenvalue weighted by molar-refractivity contribution is -0.158. The number of carbonyl (C=O) groups excluding carboxylic acids is 1. The van der Waals surface area contributed by atoms with E-state index >= 15 is 0 Å². The Hall–Kier alpha value is -3.20. The summed E-state index contributed by atoms with van der Waals surface area (Å²) in [5, 5.41) is 4.36. The van der Waals surface area contributed by atoms with Gasteiger partial charge in [-0.25, -0.2) is 4.99 Å². The van der Waals surface area contributed by atoms with E-state index in [2.05, 4.69) is 5.10 Å². The maximum absolute atomic E-state index is 13.5. The van der Waals surface area contributed by atoms with Crippen molar-refractivity contribution in [2.75, 3.05) is 7.11 Å². The fourth-order valence-electron chi connectivity index (χ4n) is 4.49. The van der Waals surface area contributed by atoms with Crippen molar-refractivity contribution in [2.45, 2.75) is 39.1 Å². The molecule has 0 amide bonds. The second-order valence-corrected chi connectivity index (χ2v) is 8.83. The lowest BCUT2D eigenvalue weighted by Gasteiger charge is -2.44. The van der Waals surface area contributed by atoms with Crippen molar-refractivity contribution in [3.8, 4) is 5.75 Å². The van der Waals surface area contributed by atoms with Gasteiger partial charge in [-0.3, -0.25) is 18.8 Å². The fourth-order valence-corrected chi connectivity index (χ4v) is 5.58. The molecule has 8 nitrogen and oxygen atoms in total. The van der Waals surface area contributed by atoms with Crippen molar-refractivity contribution < 1.29 is 14.3 Å². The van der Waals surface area contributed by atoms with Crippen molar-refractivity contribution in [1.82, 2.24) is 14.3 Å². The highest BCUT2D eigenvalue weighted by Gasteiger charge is 2.55. The van der Waals surface area contributed by atoms with Crippen molar-refractivity contribution in [1.29, 1.82) is 0 Å². The van der Waals surface area contributed by atoms with Crippen molar-refractivity contribution in [2.24, 2.45) is 10.9 Å². The number of nitrogens with zero attached hydrogens (tertiary/aromatic N) is 4. The topological polar surface area (TPSA) is 87.7 Å². The lowest BCUT2D eigenvalue weighted by Crippen LogP contribution is -2.58. The molecule has 0 saturated carbocycles. The van der Waals surface area contributed by atoms with Crippen molar-refractivity contribution in [3.05, 3.63) is 67.0 Å². The first kappa shape index (κ1) is 19.7. The molecule has 4 heterocycles. The summed E-state index contributed by atoms with van der Waals surface area (Å²) in [6, 6.07) is 6.90. The summed E-state index contributed by atoms with van der Waals surface area (Å²) in [5.41, 5.74) is 1.29. The van der Waals surface area contributed by atoms with Gasteiger partial charge < -0.3 is 9.47 Å². The minimum absolute atomic E-state index is 0.190. The van der Waals surface area contributed by atoms with Gasteiger partial charge in [0, 0.05) is 23.4 Å². The summed E-state index contributed by atoms with van der Waals surface area (Å²) in [7, 11) is 1.34. The molecule has 160 valence electrons. The van der Waals surface area contributed by atoms with E-state index in [-0.39, 0.29) is 5.56 Å². The van der Waals surface area contributed by atoms with Crippen LogP contribution in [0.5, 0.6) is 5.75 Å². The monoisotopic (exact) mass is 438 g/mol. The maximum atomic E-state index is 13.5. The fraction of sp³-hybridized carbons (Fsp3) is 0.364. The number of carbonyl (C=O) groups is 1. The summed E-state index contributed by atoms with van der Waals surface area (Å²) in [6.07, 6.45) is 3.60. The maximum Gasteiger partial charge on any atom is 0.317 e. The van der Waals surface area contributed by atoms with Crippen molar-refractivity contribution >= 4 is 23.4 Å². The Labute approximate surface area is 182 Å². The van der Waals surface area contributed by atoms with Crippen LogP contribution in [-0.2, 0) is 16.1 Å². The highest BCUT2D eigenvalue weighted by molar-refractivity contribution is 7.07. The number of thiazole rings is 1. The predicted octanol–water partition coefficient (Wildman–Crippen LogP) is 1.38. The van der Waals surface area contributed by atoms with Gasteiger partial charge in [0.1, 0.15) is 11.7 Å². The van der Waals surface area contributed by atoms with Gasteiger partial charge in [0.05, 0.1) is 23.9 Å². The number of aromatic nitrogens is 3. The van der Waals surface area contributed by atoms with E-state index in [9.17, 15) is 9.59 Å². The number of esters is 1. The molecule has 0 unspecified atom stereocenters. The Morgan fingerprint density at radius 2 is 2.16 bits per heavy atom. The largest absolute Gasteiger partial charge is 0.469 e. The molecule has 2 aliphatic rings. The van der Waals surface area contributed by atoms with Crippen LogP contribution in [0.4, 0.5) is 0 Å². The van der Waals surface area contributed by atoms with Crippen LogP contribution in [-0.4, -0.2) is 33.2 Å². The summed E-state index contributed by atoms with van der Waals surface area (Å²) < 4.78 is 15.3. The Morgan fingerprint density at radius 3 is 2.87 bits per heavy atom. The number of ether oxygens (including phenoxy) is 2. The number of methoxy groups -OCH3 is 1. The normalized spacial score (nSPS) is 24.1. The third-order valence-electron chi connectivity index (χ3n) is 6.06. The zero-order chi connectivity index (χ0) is 21.9. The van der Waals surface area contributed by atoms with E-state index in [1.165, 1.54) is 18.4 Å². The summed E-state index contributed by atoms with van der Waals surface area (Å²) in [6.45, 7) is 6.52. The van der Waals surface area contributed by atoms with Crippen LogP contribution in [0.2, 0.25) is 0 Å². The lowest BCUT2D eigenvalue weighted by atomic mass is 9.81. The highest BCUT2D eigenvalue weighted by Crippen LogP contribution is 2.47. The number of benzene rings is 1. The first-order valence-electron chi connectivity index (χ1n) is 10.1. The molecule has 3 aromatic rings. The number of hydrogen-bond donors (Lipinski definition) is 0. The van der Waals surface area contributed by atoms with Crippen LogP contribution in [0.15, 0.2) is 40.2 Å². The van der Waals surface area contributed by atoms with E-state index in [0.717, 1.165) is 23.4 Å². The van der Waals surface area contributed by atoms with Crippen LogP contribution in [0.25, 0.3) is 6.08 Å². The molecule has 0 fully saturated rings.